The molecule has 2 heterocycles. The Bertz CT molecular complexity index is 156. The van der Waals surface area contributed by atoms with Crippen LogP contribution in [-0.4, -0.2) is 20.8 Å². The van der Waals surface area contributed by atoms with Crippen molar-refractivity contribution in [3.05, 3.63) is 0 Å². The van der Waals surface area contributed by atoms with Crippen LogP contribution < -0.4 is 0 Å². The first-order valence-electron chi connectivity index (χ1n) is 5.59. The highest BCUT2D eigenvalue weighted by Crippen LogP contribution is 2.53. The molecule has 2 bridgehead atoms. The van der Waals surface area contributed by atoms with Gasteiger partial charge in [0, 0.05) is 0 Å². The highest BCUT2D eigenvalue weighted by molar-refractivity contribution is 6.70. The van der Waals surface area contributed by atoms with Gasteiger partial charge < -0.3 is 9.31 Å². The molecule has 0 aromatic rings. The summed E-state index contributed by atoms with van der Waals surface area (Å²) in [6, 6.07) is 0. The molecule has 2 aliphatic heterocycles. The van der Waals surface area contributed by atoms with Gasteiger partial charge in [0.15, 0.2) is 0 Å². The lowest BCUT2D eigenvalue weighted by atomic mass is 9.31. The standard InChI is InChI=1S/C10H20BO2/c1-12-11(13-2)9-5-3-6-10(11)8-4-7-9/h9-10H,3-8H2,1-2H3/q-1. The molecule has 2 fully saturated rings. The molecule has 0 aliphatic carbocycles. The van der Waals surface area contributed by atoms with Gasteiger partial charge in [-0.25, -0.2) is 0 Å². The number of hydrogen-bond donors (Lipinski definition) is 0. The molecule has 0 spiro atoms. The van der Waals surface area contributed by atoms with Crippen LogP contribution in [-0.2, 0) is 9.31 Å². The molecule has 0 N–H and O–H groups in total. The fourth-order valence-corrected chi connectivity index (χ4v) is 3.75. The molecule has 2 saturated heterocycles. The Hall–Kier alpha value is -0.0151. The Balaban J connectivity index is 2.22. The van der Waals surface area contributed by atoms with Crippen LogP contribution in [0, 0.1) is 0 Å². The molecule has 0 aromatic heterocycles. The Morgan fingerprint density at radius 1 is 0.846 bits per heavy atom. The molecular formula is C10H20BO2-. The smallest absolute Gasteiger partial charge is 0.246 e. The molecule has 2 nitrogen and oxygen atoms in total. The van der Waals surface area contributed by atoms with E-state index in [-0.39, 0.29) is 0 Å². The van der Waals surface area contributed by atoms with Gasteiger partial charge in [-0.1, -0.05) is 38.5 Å². The summed E-state index contributed by atoms with van der Waals surface area (Å²) in [7, 11) is 3.67. The Kier molecular flexibility index (Phi) is 2.66. The summed E-state index contributed by atoms with van der Waals surface area (Å²) in [4.78, 5) is 0. The third-order valence-corrected chi connectivity index (χ3v) is 4.35. The van der Waals surface area contributed by atoms with Gasteiger partial charge in [0.25, 0.3) is 0 Å². The van der Waals surface area contributed by atoms with E-state index in [1.165, 1.54) is 38.5 Å². The van der Waals surface area contributed by atoms with E-state index in [0.717, 1.165) is 0 Å². The maximum Gasteiger partial charge on any atom is 0.246 e. The minimum absolute atomic E-state index is 0.711. The molecule has 2 rings (SSSR count). The lowest BCUT2D eigenvalue weighted by Gasteiger charge is -2.57. The average Bonchev–Trinajstić information content (AvgIpc) is 2.16. The summed E-state index contributed by atoms with van der Waals surface area (Å²) in [5, 5.41) is 0. The van der Waals surface area contributed by atoms with E-state index < -0.39 is 6.55 Å². The van der Waals surface area contributed by atoms with E-state index in [1.807, 2.05) is 14.2 Å². The van der Waals surface area contributed by atoms with E-state index in [1.54, 1.807) is 0 Å². The van der Waals surface area contributed by atoms with Crippen molar-refractivity contribution in [1.82, 2.24) is 0 Å². The molecule has 76 valence electrons. The molecule has 0 atom stereocenters. The van der Waals surface area contributed by atoms with Gasteiger partial charge in [0.1, 0.15) is 0 Å². The summed E-state index contributed by atoms with van der Waals surface area (Å²) in [6.45, 7) is -0.924. The minimum atomic E-state index is -0.924. The van der Waals surface area contributed by atoms with E-state index in [0.29, 0.717) is 11.6 Å². The number of rotatable bonds is 2. The molecular weight excluding hydrogens is 163 g/mol. The van der Waals surface area contributed by atoms with Gasteiger partial charge in [-0.3, -0.25) is 0 Å². The van der Waals surface area contributed by atoms with Crippen molar-refractivity contribution in [2.45, 2.75) is 50.2 Å². The van der Waals surface area contributed by atoms with Crippen LogP contribution in [0.1, 0.15) is 38.5 Å². The first-order chi connectivity index (χ1) is 6.33. The SMILES string of the molecule is CO[B-]1(OC)C2CCCC1CCC2. The third-order valence-electron chi connectivity index (χ3n) is 4.35. The lowest BCUT2D eigenvalue weighted by Crippen LogP contribution is -2.53. The van der Waals surface area contributed by atoms with Crippen LogP contribution in [0.5, 0.6) is 0 Å². The monoisotopic (exact) mass is 183 g/mol. The Labute approximate surface area is 81.0 Å². The zero-order valence-corrected chi connectivity index (χ0v) is 8.79. The minimum Gasteiger partial charge on any atom is -0.570 e. The van der Waals surface area contributed by atoms with Crippen molar-refractivity contribution in [3.63, 3.8) is 0 Å². The predicted octanol–water partition coefficient (Wildman–Crippen LogP) is 2.83. The molecule has 0 aromatic carbocycles. The van der Waals surface area contributed by atoms with Gasteiger partial charge in [-0.05, 0) is 14.2 Å². The summed E-state index contributed by atoms with van der Waals surface area (Å²) in [6.07, 6.45) is 8.03. The van der Waals surface area contributed by atoms with Gasteiger partial charge in [0.05, 0.1) is 0 Å². The Morgan fingerprint density at radius 3 is 1.46 bits per heavy atom. The second kappa shape index (κ2) is 3.62. The topological polar surface area (TPSA) is 18.5 Å². The molecule has 0 radical (unpaired) electrons. The van der Waals surface area contributed by atoms with Crippen LogP contribution in [0.2, 0.25) is 11.6 Å². The molecule has 0 amide bonds. The molecule has 13 heavy (non-hydrogen) atoms. The van der Waals surface area contributed by atoms with Crippen LogP contribution in [0.3, 0.4) is 0 Å². The van der Waals surface area contributed by atoms with Crippen molar-refractivity contribution >= 4 is 6.55 Å². The van der Waals surface area contributed by atoms with E-state index in [4.69, 9.17) is 9.31 Å². The lowest BCUT2D eigenvalue weighted by molar-refractivity contribution is 0.178. The molecule has 0 saturated carbocycles. The highest BCUT2D eigenvalue weighted by Gasteiger charge is 2.45. The van der Waals surface area contributed by atoms with Crippen LogP contribution >= 0.6 is 0 Å². The van der Waals surface area contributed by atoms with Gasteiger partial charge in [-0.15, -0.1) is 11.6 Å². The maximum atomic E-state index is 5.74. The van der Waals surface area contributed by atoms with Gasteiger partial charge in [-0.2, -0.15) is 0 Å². The molecule has 0 unspecified atom stereocenters. The van der Waals surface area contributed by atoms with E-state index in [9.17, 15) is 0 Å². The van der Waals surface area contributed by atoms with Gasteiger partial charge >= 0.3 is 0 Å². The van der Waals surface area contributed by atoms with Gasteiger partial charge in [0.2, 0.25) is 6.55 Å². The van der Waals surface area contributed by atoms with E-state index in [2.05, 4.69) is 0 Å². The summed E-state index contributed by atoms with van der Waals surface area (Å²) < 4.78 is 11.5. The maximum absolute atomic E-state index is 5.74. The Morgan fingerprint density at radius 2 is 1.23 bits per heavy atom. The average molecular weight is 183 g/mol. The first kappa shape index (κ1) is 9.54. The second-order valence-corrected chi connectivity index (χ2v) is 4.69. The second-order valence-electron chi connectivity index (χ2n) is 4.69. The molecule has 2 aliphatic rings. The van der Waals surface area contributed by atoms with Crippen LogP contribution in [0.25, 0.3) is 0 Å². The van der Waals surface area contributed by atoms with Crippen molar-refractivity contribution < 1.29 is 9.31 Å². The fourth-order valence-electron chi connectivity index (χ4n) is 3.75. The summed E-state index contributed by atoms with van der Waals surface area (Å²) >= 11 is 0. The highest BCUT2D eigenvalue weighted by atomic mass is 16.6. The largest absolute Gasteiger partial charge is 0.570 e. The number of fused-ring (bicyclic) bond motifs is 2. The van der Waals surface area contributed by atoms with Crippen LogP contribution in [0.4, 0.5) is 0 Å². The summed E-state index contributed by atoms with van der Waals surface area (Å²) in [5.74, 6) is 1.42. The quantitative estimate of drug-likeness (QED) is 0.612. The van der Waals surface area contributed by atoms with Crippen molar-refractivity contribution in [2.75, 3.05) is 14.2 Å². The summed E-state index contributed by atoms with van der Waals surface area (Å²) in [5.41, 5.74) is 0. The van der Waals surface area contributed by atoms with Crippen LogP contribution in [0.15, 0.2) is 0 Å². The normalized spacial score (nSPS) is 37.4. The van der Waals surface area contributed by atoms with Crippen molar-refractivity contribution in [3.8, 4) is 0 Å². The van der Waals surface area contributed by atoms with Crippen molar-refractivity contribution in [1.29, 1.82) is 0 Å². The first-order valence-corrected chi connectivity index (χ1v) is 5.59. The number of hydrogen-bond acceptors (Lipinski definition) is 2. The predicted molar refractivity (Wildman–Crippen MR) is 55.0 cm³/mol. The third kappa shape index (κ3) is 1.33. The van der Waals surface area contributed by atoms with Crippen molar-refractivity contribution in [2.24, 2.45) is 0 Å². The molecule has 3 heteroatoms. The fraction of sp³-hybridized carbons (Fsp3) is 1.00. The van der Waals surface area contributed by atoms with E-state index >= 15 is 0 Å². The zero-order valence-electron chi connectivity index (χ0n) is 8.79. The zero-order chi connectivity index (χ0) is 9.31.